The van der Waals surface area contributed by atoms with Gasteiger partial charge in [-0.2, -0.15) is 0 Å². The molecule has 0 aliphatic carbocycles. The standard InChI is InChI=1S/C7H6F2N2O3/c8-6(9)5-4(7(13)14)2(10)1-3(12)11-5/h1,6H,(H,13,14)(H3,10,11,12). The number of carboxylic acids is 1. The number of halogens is 2. The number of pyridine rings is 1. The Balaban J connectivity index is 3.52. The lowest BCUT2D eigenvalue weighted by atomic mass is 10.1. The first-order valence-electron chi connectivity index (χ1n) is 3.47. The number of aromatic nitrogens is 1. The van der Waals surface area contributed by atoms with Crippen LogP contribution in [-0.4, -0.2) is 16.1 Å². The molecule has 0 atom stereocenters. The van der Waals surface area contributed by atoms with E-state index in [1.807, 2.05) is 0 Å². The van der Waals surface area contributed by atoms with Gasteiger partial charge in [0.1, 0.15) is 11.3 Å². The van der Waals surface area contributed by atoms with Gasteiger partial charge in [0.2, 0.25) is 5.56 Å². The number of rotatable bonds is 2. The van der Waals surface area contributed by atoms with Crippen molar-refractivity contribution in [3.63, 3.8) is 0 Å². The smallest absolute Gasteiger partial charge is 0.339 e. The second-order valence-corrected chi connectivity index (χ2v) is 2.48. The molecule has 7 heteroatoms. The van der Waals surface area contributed by atoms with Crippen LogP contribution in [0.4, 0.5) is 14.5 Å². The average molecular weight is 204 g/mol. The van der Waals surface area contributed by atoms with Crippen molar-refractivity contribution in [2.45, 2.75) is 6.43 Å². The molecule has 4 N–H and O–H groups in total. The molecule has 0 saturated carbocycles. The van der Waals surface area contributed by atoms with Crippen LogP contribution in [0.5, 0.6) is 0 Å². The maximum absolute atomic E-state index is 12.3. The Morgan fingerprint density at radius 3 is 2.57 bits per heavy atom. The van der Waals surface area contributed by atoms with Crippen LogP contribution in [0.15, 0.2) is 10.9 Å². The number of H-pyrrole nitrogens is 1. The van der Waals surface area contributed by atoms with Gasteiger partial charge in [-0.1, -0.05) is 0 Å². The van der Waals surface area contributed by atoms with Crippen LogP contribution in [0, 0.1) is 0 Å². The summed E-state index contributed by atoms with van der Waals surface area (Å²) in [6.45, 7) is 0. The molecule has 0 spiro atoms. The monoisotopic (exact) mass is 204 g/mol. The highest BCUT2D eigenvalue weighted by molar-refractivity contribution is 5.94. The van der Waals surface area contributed by atoms with Gasteiger partial charge < -0.3 is 15.8 Å². The number of hydrogen-bond donors (Lipinski definition) is 3. The summed E-state index contributed by atoms with van der Waals surface area (Å²) in [5.41, 5.74) is 2.06. The SMILES string of the molecule is Nc1cc(=O)[nH]c(C(F)F)c1C(=O)O. The summed E-state index contributed by atoms with van der Waals surface area (Å²) in [5, 5.41) is 8.55. The first-order valence-corrected chi connectivity index (χ1v) is 3.47. The molecule has 0 aliphatic heterocycles. The Kier molecular flexibility index (Phi) is 2.50. The summed E-state index contributed by atoms with van der Waals surface area (Å²) in [6, 6.07) is 0.745. The largest absolute Gasteiger partial charge is 0.478 e. The van der Waals surface area contributed by atoms with E-state index in [0.29, 0.717) is 0 Å². The Hall–Kier alpha value is -1.92. The van der Waals surface area contributed by atoms with E-state index in [1.165, 1.54) is 0 Å². The number of nitrogen functional groups attached to an aromatic ring is 1. The fourth-order valence-electron chi connectivity index (χ4n) is 1.00. The van der Waals surface area contributed by atoms with Crippen LogP contribution in [0.2, 0.25) is 0 Å². The topological polar surface area (TPSA) is 96.2 Å². The van der Waals surface area contributed by atoms with E-state index in [9.17, 15) is 18.4 Å². The number of aromatic carboxylic acids is 1. The predicted molar refractivity (Wildman–Crippen MR) is 43.4 cm³/mol. The van der Waals surface area contributed by atoms with Gasteiger partial charge in [-0.15, -0.1) is 0 Å². The quantitative estimate of drug-likeness (QED) is 0.656. The fraction of sp³-hybridized carbons (Fsp3) is 0.143. The highest BCUT2D eigenvalue weighted by Gasteiger charge is 2.21. The van der Waals surface area contributed by atoms with Gasteiger partial charge in [-0.25, -0.2) is 13.6 Å². The van der Waals surface area contributed by atoms with Gasteiger partial charge in [0.15, 0.2) is 0 Å². The maximum atomic E-state index is 12.3. The number of carboxylic acid groups (broad SMARTS) is 1. The minimum Gasteiger partial charge on any atom is -0.478 e. The average Bonchev–Trinajstić information content (AvgIpc) is 2.01. The third-order valence-corrected chi connectivity index (χ3v) is 1.53. The van der Waals surface area contributed by atoms with E-state index in [2.05, 4.69) is 0 Å². The van der Waals surface area contributed by atoms with Crippen molar-refractivity contribution in [3.8, 4) is 0 Å². The van der Waals surface area contributed by atoms with Crippen molar-refractivity contribution in [2.24, 2.45) is 0 Å². The molecule has 0 fully saturated rings. The third kappa shape index (κ3) is 1.70. The van der Waals surface area contributed by atoms with Gasteiger partial charge in [-0.3, -0.25) is 4.79 Å². The fourth-order valence-corrected chi connectivity index (χ4v) is 1.00. The molecule has 76 valence electrons. The van der Waals surface area contributed by atoms with Crippen LogP contribution in [0.25, 0.3) is 0 Å². The first kappa shape index (κ1) is 10.2. The summed E-state index contributed by atoms with van der Waals surface area (Å²) in [6.07, 6.45) is -3.09. The van der Waals surface area contributed by atoms with E-state index in [4.69, 9.17) is 10.8 Å². The van der Waals surface area contributed by atoms with E-state index in [1.54, 1.807) is 4.98 Å². The molecule has 0 unspecified atom stereocenters. The number of nitrogens with one attached hydrogen (secondary N) is 1. The zero-order valence-electron chi connectivity index (χ0n) is 6.75. The van der Waals surface area contributed by atoms with Gasteiger partial charge in [0.25, 0.3) is 6.43 Å². The molecule has 5 nitrogen and oxygen atoms in total. The molecule has 0 amide bonds. The van der Waals surface area contributed by atoms with Gasteiger partial charge in [0.05, 0.1) is 5.69 Å². The number of alkyl halides is 2. The third-order valence-electron chi connectivity index (χ3n) is 1.53. The van der Waals surface area contributed by atoms with Crippen molar-refractivity contribution in [1.82, 2.24) is 4.98 Å². The molecule has 0 bridgehead atoms. The Morgan fingerprint density at radius 1 is 1.57 bits per heavy atom. The van der Waals surface area contributed by atoms with Crippen LogP contribution >= 0.6 is 0 Å². The van der Waals surface area contributed by atoms with E-state index in [-0.39, 0.29) is 0 Å². The van der Waals surface area contributed by atoms with Crippen molar-refractivity contribution < 1.29 is 18.7 Å². The van der Waals surface area contributed by atoms with Crippen LogP contribution < -0.4 is 11.3 Å². The number of aromatic amines is 1. The summed E-state index contributed by atoms with van der Waals surface area (Å²) in [4.78, 5) is 23.0. The first-order chi connectivity index (χ1) is 6.43. The normalized spacial score (nSPS) is 10.5. The van der Waals surface area contributed by atoms with Crippen LogP contribution in [0.1, 0.15) is 22.5 Å². The molecule has 0 aliphatic rings. The van der Waals surface area contributed by atoms with Gasteiger partial charge in [0, 0.05) is 6.07 Å². The number of anilines is 1. The molecule has 0 radical (unpaired) electrons. The summed E-state index contributed by atoms with van der Waals surface area (Å²) in [7, 11) is 0. The molecular weight excluding hydrogens is 198 g/mol. The highest BCUT2D eigenvalue weighted by atomic mass is 19.3. The lowest BCUT2D eigenvalue weighted by molar-refractivity contribution is 0.0683. The maximum Gasteiger partial charge on any atom is 0.339 e. The molecule has 1 aromatic rings. The minimum atomic E-state index is -3.09. The number of carbonyl (C=O) groups is 1. The molecule has 14 heavy (non-hydrogen) atoms. The molecule has 1 heterocycles. The van der Waals surface area contributed by atoms with Crippen molar-refractivity contribution in [3.05, 3.63) is 27.7 Å². The molecule has 1 rings (SSSR count). The van der Waals surface area contributed by atoms with Crippen LogP contribution in [0.3, 0.4) is 0 Å². The zero-order valence-corrected chi connectivity index (χ0v) is 6.75. The summed E-state index contributed by atoms with van der Waals surface area (Å²) in [5.74, 6) is -1.60. The zero-order chi connectivity index (χ0) is 10.9. The van der Waals surface area contributed by atoms with Crippen molar-refractivity contribution >= 4 is 11.7 Å². The predicted octanol–water partition coefficient (Wildman–Crippen LogP) is 0.593. The Labute approximate surface area is 76.2 Å². The summed E-state index contributed by atoms with van der Waals surface area (Å²) >= 11 is 0. The highest BCUT2D eigenvalue weighted by Crippen LogP contribution is 2.22. The van der Waals surface area contributed by atoms with Crippen LogP contribution in [-0.2, 0) is 0 Å². The van der Waals surface area contributed by atoms with E-state index >= 15 is 0 Å². The van der Waals surface area contributed by atoms with E-state index < -0.39 is 34.9 Å². The number of nitrogens with two attached hydrogens (primary N) is 1. The Bertz CT molecular complexity index is 427. The summed E-state index contributed by atoms with van der Waals surface area (Å²) < 4.78 is 24.5. The second-order valence-electron chi connectivity index (χ2n) is 2.48. The van der Waals surface area contributed by atoms with Gasteiger partial charge in [-0.05, 0) is 0 Å². The Morgan fingerprint density at radius 2 is 2.14 bits per heavy atom. The van der Waals surface area contributed by atoms with E-state index in [0.717, 1.165) is 6.07 Å². The lowest BCUT2D eigenvalue weighted by Crippen LogP contribution is -2.17. The van der Waals surface area contributed by atoms with Crippen molar-refractivity contribution in [1.29, 1.82) is 0 Å². The molecular formula is C7H6F2N2O3. The molecule has 0 aromatic carbocycles. The number of hydrogen-bond acceptors (Lipinski definition) is 3. The lowest BCUT2D eigenvalue weighted by Gasteiger charge is -2.06. The van der Waals surface area contributed by atoms with Gasteiger partial charge >= 0.3 is 5.97 Å². The molecule has 1 aromatic heterocycles. The molecule has 0 saturated heterocycles. The minimum absolute atomic E-state index is 0.475. The second kappa shape index (κ2) is 3.44. The van der Waals surface area contributed by atoms with Crippen molar-refractivity contribution in [2.75, 3.05) is 5.73 Å².